The van der Waals surface area contributed by atoms with Crippen LogP contribution in [0.15, 0.2) is 0 Å². The molecule has 1 rings (SSSR count). The minimum Gasteiger partial charge on any atom is -0.356 e. The third-order valence-corrected chi connectivity index (χ3v) is 5.05. The van der Waals surface area contributed by atoms with Crippen molar-refractivity contribution in [2.45, 2.75) is 78.6 Å². The number of rotatable bonds is 9. The lowest BCUT2D eigenvalue weighted by Gasteiger charge is -2.30. The molecular weight excluding hydrogens is 260 g/mol. The van der Waals surface area contributed by atoms with E-state index in [1.165, 1.54) is 32.1 Å². The Kier molecular flexibility index (Phi) is 8.31. The minimum atomic E-state index is 0.215. The highest BCUT2D eigenvalue weighted by Crippen LogP contribution is 2.32. The van der Waals surface area contributed by atoms with E-state index in [0.29, 0.717) is 18.9 Å². The van der Waals surface area contributed by atoms with Crippen LogP contribution in [0.25, 0.3) is 0 Å². The van der Waals surface area contributed by atoms with Crippen molar-refractivity contribution in [3.63, 3.8) is 0 Å². The number of nitrogens with one attached hydrogen (secondary N) is 1. The van der Waals surface area contributed by atoms with E-state index in [1.54, 1.807) is 0 Å². The summed E-state index contributed by atoms with van der Waals surface area (Å²) in [5, 5.41) is 3.09. The summed E-state index contributed by atoms with van der Waals surface area (Å²) in [6.07, 6.45) is 10.7. The second-order valence-electron chi connectivity index (χ2n) is 7.82. The molecule has 3 heteroatoms. The molecule has 0 aromatic carbocycles. The number of hydrogen-bond acceptors (Lipinski definition) is 2. The van der Waals surface area contributed by atoms with Gasteiger partial charge < -0.3 is 11.1 Å². The van der Waals surface area contributed by atoms with Gasteiger partial charge in [-0.25, -0.2) is 0 Å². The van der Waals surface area contributed by atoms with Gasteiger partial charge in [-0.1, -0.05) is 46.5 Å². The maximum Gasteiger partial charge on any atom is 0.220 e. The Bertz CT molecular complexity index is 290. The van der Waals surface area contributed by atoms with Gasteiger partial charge >= 0.3 is 0 Å². The van der Waals surface area contributed by atoms with Crippen LogP contribution >= 0.6 is 0 Å². The van der Waals surface area contributed by atoms with Gasteiger partial charge in [-0.15, -0.1) is 0 Å². The van der Waals surface area contributed by atoms with Crippen LogP contribution in [0.3, 0.4) is 0 Å². The van der Waals surface area contributed by atoms with Gasteiger partial charge in [-0.3, -0.25) is 4.79 Å². The number of hydrogen-bond donors (Lipinski definition) is 2. The zero-order chi connectivity index (χ0) is 15.7. The van der Waals surface area contributed by atoms with Crippen LogP contribution in [0.2, 0.25) is 0 Å². The first-order valence-corrected chi connectivity index (χ1v) is 8.90. The fourth-order valence-corrected chi connectivity index (χ4v) is 3.52. The molecule has 0 bridgehead atoms. The fourth-order valence-electron chi connectivity index (χ4n) is 3.52. The predicted octanol–water partition coefficient (Wildman–Crippen LogP) is 3.86. The lowest BCUT2D eigenvalue weighted by Crippen LogP contribution is -2.28. The van der Waals surface area contributed by atoms with Crippen LogP contribution in [0, 0.1) is 17.3 Å². The molecule has 3 nitrogen and oxygen atoms in total. The molecule has 1 aliphatic rings. The monoisotopic (exact) mass is 296 g/mol. The van der Waals surface area contributed by atoms with Gasteiger partial charge in [0, 0.05) is 13.0 Å². The minimum absolute atomic E-state index is 0.215. The quantitative estimate of drug-likeness (QED) is 0.635. The van der Waals surface area contributed by atoms with Crippen LogP contribution in [0.4, 0.5) is 0 Å². The first-order valence-electron chi connectivity index (χ1n) is 8.90. The molecule has 0 saturated heterocycles. The summed E-state index contributed by atoms with van der Waals surface area (Å²) in [5.41, 5.74) is 5.93. The van der Waals surface area contributed by atoms with Crippen LogP contribution in [0.5, 0.6) is 0 Å². The van der Waals surface area contributed by atoms with Crippen molar-refractivity contribution in [2.24, 2.45) is 23.0 Å². The van der Waals surface area contributed by atoms with Gasteiger partial charge in [-0.2, -0.15) is 0 Å². The highest BCUT2D eigenvalue weighted by Gasteiger charge is 2.24. The van der Waals surface area contributed by atoms with Crippen molar-refractivity contribution >= 4 is 5.91 Å². The molecule has 1 aliphatic carbocycles. The molecule has 1 saturated carbocycles. The number of nitrogens with two attached hydrogens (primary N) is 1. The molecule has 1 unspecified atom stereocenters. The van der Waals surface area contributed by atoms with E-state index in [-0.39, 0.29) is 11.3 Å². The fraction of sp³-hybridized carbons (Fsp3) is 0.944. The molecule has 124 valence electrons. The molecule has 1 fully saturated rings. The summed E-state index contributed by atoms with van der Waals surface area (Å²) in [5.74, 6) is 1.68. The van der Waals surface area contributed by atoms with Crippen LogP contribution in [-0.4, -0.2) is 19.0 Å². The van der Waals surface area contributed by atoms with Gasteiger partial charge in [-0.05, 0) is 49.5 Å². The first-order chi connectivity index (χ1) is 9.93. The summed E-state index contributed by atoms with van der Waals surface area (Å²) < 4.78 is 0. The molecular formula is C18H36N2O. The summed E-state index contributed by atoms with van der Waals surface area (Å²) in [7, 11) is 0. The average molecular weight is 296 g/mol. The Balaban J connectivity index is 2.11. The smallest absolute Gasteiger partial charge is 0.220 e. The molecule has 1 atom stereocenters. The summed E-state index contributed by atoms with van der Waals surface area (Å²) in [6, 6.07) is 0. The second-order valence-corrected chi connectivity index (χ2v) is 7.82. The normalized spacial score (nSPS) is 17.9. The van der Waals surface area contributed by atoms with Crippen LogP contribution < -0.4 is 11.1 Å². The summed E-state index contributed by atoms with van der Waals surface area (Å²) >= 11 is 0. The van der Waals surface area contributed by atoms with E-state index in [0.717, 1.165) is 31.7 Å². The lowest BCUT2D eigenvalue weighted by atomic mass is 9.76. The SMILES string of the molecule is CC(C)(C)C(CCN)CCC(=O)NCCCC1CCCC1. The van der Waals surface area contributed by atoms with E-state index in [2.05, 4.69) is 26.1 Å². The van der Waals surface area contributed by atoms with E-state index < -0.39 is 0 Å². The van der Waals surface area contributed by atoms with Gasteiger partial charge in [0.15, 0.2) is 0 Å². The van der Waals surface area contributed by atoms with Gasteiger partial charge in [0.2, 0.25) is 5.91 Å². The number of carbonyl (C=O) groups is 1. The van der Waals surface area contributed by atoms with Crippen LogP contribution in [-0.2, 0) is 4.79 Å². The lowest BCUT2D eigenvalue weighted by molar-refractivity contribution is -0.121. The van der Waals surface area contributed by atoms with Crippen molar-refractivity contribution in [3.05, 3.63) is 0 Å². The standard InChI is InChI=1S/C18H36N2O/c1-18(2,3)16(12-13-19)10-11-17(21)20-14-6-9-15-7-4-5-8-15/h15-16H,4-14,19H2,1-3H3,(H,20,21). The van der Waals surface area contributed by atoms with E-state index in [1.807, 2.05) is 0 Å². The molecule has 0 spiro atoms. The van der Waals surface area contributed by atoms with Gasteiger partial charge in [0.05, 0.1) is 0 Å². The third kappa shape index (κ3) is 7.85. The summed E-state index contributed by atoms with van der Waals surface area (Å²) in [6.45, 7) is 8.30. The maximum atomic E-state index is 11.9. The third-order valence-electron chi connectivity index (χ3n) is 5.05. The molecule has 1 amide bonds. The highest BCUT2D eigenvalue weighted by atomic mass is 16.1. The zero-order valence-corrected chi connectivity index (χ0v) is 14.4. The second kappa shape index (κ2) is 9.45. The average Bonchev–Trinajstić information content (AvgIpc) is 2.91. The zero-order valence-electron chi connectivity index (χ0n) is 14.4. The predicted molar refractivity (Wildman–Crippen MR) is 90.1 cm³/mol. The maximum absolute atomic E-state index is 11.9. The Morgan fingerprint density at radius 1 is 1.24 bits per heavy atom. The van der Waals surface area contributed by atoms with Crippen molar-refractivity contribution < 1.29 is 4.79 Å². The first kappa shape index (κ1) is 18.5. The van der Waals surface area contributed by atoms with Gasteiger partial charge in [0.1, 0.15) is 0 Å². The van der Waals surface area contributed by atoms with E-state index in [9.17, 15) is 4.79 Å². The van der Waals surface area contributed by atoms with Crippen molar-refractivity contribution in [2.75, 3.05) is 13.1 Å². The van der Waals surface area contributed by atoms with Crippen molar-refractivity contribution in [1.29, 1.82) is 0 Å². The van der Waals surface area contributed by atoms with Gasteiger partial charge in [0.25, 0.3) is 0 Å². The van der Waals surface area contributed by atoms with E-state index in [4.69, 9.17) is 5.73 Å². The Morgan fingerprint density at radius 2 is 1.90 bits per heavy atom. The molecule has 0 heterocycles. The van der Waals surface area contributed by atoms with Crippen molar-refractivity contribution in [3.8, 4) is 0 Å². The molecule has 0 aliphatic heterocycles. The topological polar surface area (TPSA) is 55.1 Å². The Hall–Kier alpha value is -0.570. The van der Waals surface area contributed by atoms with E-state index >= 15 is 0 Å². The highest BCUT2D eigenvalue weighted by molar-refractivity contribution is 5.75. The Morgan fingerprint density at radius 3 is 2.48 bits per heavy atom. The molecule has 0 radical (unpaired) electrons. The molecule has 3 N–H and O–H groups in total. The summed E-state index contributed by atoms with van der Waals surface area (Å²) in [4.78, 5) is 11.9. The van der Waals surface area contributed by atoms with Crippen LogP contribution in [0.1, 0.15) is 78.6 Å². The molecule has 0 aromatic rings. The molecule has 0 aromatic heterocycles. The van der Waals surface area contributed by atoms with Crippen molar-refractivity contribution in [1.82, 2.24) is 5.32 Å². The molecule has 21 heavy (non-hydrogen) atoms. The number of amides is 1. The number of carbonyl (C=O) groups excluding carboxylic acids is 1. The largest absolute Gasteiger partial charge is 0.356 e. The Labute approximate surface area is 131 Å².